The molecule has 0 aliphatic heterocycles. The van der Waals surface area contributed by atoms with Gasteiger partial charge in [0.25, 0.3) is 0 Å². The molecule has 1 saturated carbocycles. The Hall–Kier alpha value is -1.15. The molecule has 2 heteroatoms. The van der Waals surface area contributed by atoms with Crippen LogP contribution in [-0.2, 0) is 21.6 Å². The molecule has 0 spiro atoms. The fraction of sp³-hybridized carbons (Fsp3) is 0.588. The standard InChI is InChI=1S/C17H24O2/c1-13(2)12-14-6-4-5-7-16(14)17(19-3)10-8-15(18)9-11-17/h4-7,13H,8-12H2,1-3H3. The number of methoxy groups -OCH3 is 1. The molecule has 0 radical (unpaired) electrons. The molecule has 0 atom stereocenters. The monoisotopic (exact) mass is 260 g/mol. The van der Waals surface area contributed by atoms with E-state index in [0.29, 0.717) is 24.5 Å². The number of hydrogen-bond acceptors (Lipinski definition) is 2. The molecule has 0 N–H and O–H groups in total. The molecule has 2 rings (SSSR count). The first-order valence-corrected chi connectivity index (χ1v) is 7.22. The van der Waals surface area contributed by atoms with Crippen molar-refractivity contribution >= 4 is 5.78 Å². The van der Waals surface area contributed by atoms with E-state index >= 15 is 0 Å². The quantitative estimate of drug-likeness (QED) is 0.821. The van der Waals surface area contributed by atoms with E-state index in [1.54, 1.807) is 7.11 Å². The predicted molar refractivity (Wildman–Crippen MR) is 77.1 cm³/mol. The minimum atomic E-state index is -0.251. The molecule has 0 aromatic heterocycles. The normalized spacial score (nSPS) is 18.8. The average Bonchev–Trinajstić information content (AvgIpc) is 2.40. The zero-order chi connectivity index (χ0) is 13.9. The zero-order valence-corrected chi connectivity index (χ0v) is 12.2. The van der Waals surface area contributed by atoms with Crippen LogP contribution in [0.4, 0.5) is 0 Å². The van der Waals surface area contributed by atoms with Gasteiger partial charge in [0.15, 0.2) is 0 Å². The Morgan fingerprint density at radius 3 is 2.42 bits per heavy atom. The number of carbonyl (C=O) groups excluding carboxylic acids is 1. The van der Waals surface area contributed by atoms with Crippen LogP contribution in [0.5, 0.6) is 0 Å². The lowest BCUT2D eigenvalue weighted by Crippen LogP contribution is -2.35. The summed E-state index contributed by atoms with van der Waals surface area (Å²) in [5, 5.41) is 0. The van der Waals surface area contributed by atoms with Crippen molar-refractivity contribution in [3.05, 3.63) is 35.4 Å². The van der Waals surface area contributed by atoms with E-state index in [-0.39, 0.29) is 5.60 Å². The topological polar surface area (TPSA) is 26.3 Å². The summed E-state index contributed by atoms with van der Waals surface area (Å²) in [6, 6.07) is 8.55. The lowest BCUT2D eigenvalue weighted by molar-refractivity contribution is -0.127. The van der Waals surface area contributed by atoms with Gasteiger partial charge in [0, 0.05) is 20.0 Å². The molecule has 2 nitrogen and oxygen atoms in total. The Morgan fingerprint density at radius 2 is 1.84 bits per heavy atom. The number of ether oxygens (including phenoxy) is 1. The number of carbonyl (C=O) groups is 1. The molecular weight excluding hydrogens is 236 g/mol. The molecule has 0 saturated heterocycles. The largest absolute Gasteiger partial charge is 0.373 e. The summed E-state index contributed by atoms with van der Waals surface area (Å²) in [6.45, 7) is 4.47. The zero-order valence-electron chi connectivity index (χ0n) is 12.2. The van der Waals surface area contributed by atoms with Crippen LogP contribution in [0.15, 0.2) is 24.3 Å². The summed E-state index contributed by atoms with van der Waals surface area (Å²) in [6.07, 6.45) is 3.98. The summed E-state index contributed by atoms with van der Waals surface area (Å²) in [5.41, 5.74) is 2.41. The third-order valence-electron chi connectivity index (χ3n) is 4.14. The molecule has 0 bridgehead atoms. The van der Waals surface area contributed by atoms with Gasteiger partial charge >= 0.3 is 0 Å². The molecule has 0 heterocycles. The van der Waals surface area contributed by atoms with Crippen molar-refractivity contribution < 1.29 is 9.53 Å². The Labute approximate surface area is 116 Å². The summed E-state index contributed by atoms with van der Waals surface area (Å²) in [4.78, 5) is 11.5. The molecule has 0 amide bonds. The van der Waals surface area contributed by atoms with Crippen molar-refractivity contribution in [1.29, 1.82) is 0 Å². The minimum absolute atomic E-state index is 0.251. The molecule has 1 aliphatic carbocycles. The third kappa shape index (κ3) is 3.06. The van der Waals surface area contributed by atoms with Crippen molar-refractivity contribution in [3.8, 4) is 0 Å². The van der Waals surface area contributed by atoms with Crippen LogP contribution in [0.2, 0.25) is 0 Å². The van der Waals surface area contributed by atoms with Crippen molar-refractivity contribution in [2.75, 3.05) is 7.11 Å². The Balaban J connectivity index is 2.35. The molecule has 0 unspecified atom stereocenters. The third-order valence-corrected chi connectivity index (χ3v) is 4.14. The minimum Gasteiger partial charge on any atom is -0.373 e. The second-order valence-electron chi connectivity index (χ2n) is 5.99. The van der Waals surface area contributed by atoms with Crippen LogP contribution in [0.3, 0.4) is 0 Å². The average molecular weight is 260 g/mol. The van der Waals surface area contributed by atoms with E-state index in [2.05, 4.69) is 38.1 Å². The van der Waals surface area contributed by atoms with Gasteiger partial charge in [0.1, 0.15) is 5.78 Å². The second kappa shape index (κ2) is 5.87. The van der Waals surface area contributed by atoms with Crippen LogP contribution in [0.1, 0.15) is 50.7 Å². The first-order chi connectivity index (χ1) is 9.07. The van der Waals surface area contributed by atoms with Crippen molar-refractivity contribution in [2.45, 2.75) is 51.6 Å². The van der Waals surface area contributed by atoms with Crippen LogP contribution in [0.25, 0.3) is 0 Å². The number of hydrogen-bond donors (Lipinski definition) is 0. The molecule has 1 fully saturated rings. The van der Waals surface area contributed by atoms with Gasteiger partial charge in [0.2, 0.25) is 0 Å². The molecule has 19 heavy (non-hydrogen) atoms. The van der Waals surface area contributed by atoms with Gasteiger partial charge in [-0.15, -0.1) is 0 Å². The van der Waals surface area contributed by atoms with Crippen LogP contribution >= 0.6 is 0 Å². The van der Waals surface area contributed by atoms with Crippen molar-refractivity contribution in [2.24, 2.45) is 5.92 Å². The maximum Gasteiger partial charge on any atom is 0.133 e. The fourth-order valence-corrected chi connectivity index (χ4v) is 3.10. The first kappa shape index (κ1) is 14.3. The molecular formula is C17H24O2. The number of rotatable bonds is 4. The van der Waals surface area contributed by atoms with Crippen LogP contribution in [-0.4, -0.2) is 12.9 Å². The highest BCUT2D eigenvalue weighted by molar-refractivity contribution is 5.79. The van der Waals surface area contributed by atoms with Gasteiger partial charge < -0.3 is 4.74 Å². The summed E-state index contributed by atoms with van der Waals surface area (Å²) >= 11 is 0. The molecule has 1 aliphatic rings. The lowest BCUT2D eigenvalue weighted by atomic mass is 9.76. The van der Waals surface area contributed by atoms with E-state index in [1.165, 1.54) is 11.1 Å². The Morgan fingerprint density at radius 1 is 1.21 bits per heavy atom. The van der Waals surface area contributed by atoms with E-state index in [1.807, 2.05) is 0 Å². The highest BCUT2D eigenvalue weighted by atomic mass is 16.5. The highest BCUT2D eigenvalue weighted by Gasteiger charge is 2.37. The van der Waals surface area contributed by atoms with Gasteiger partial charge in [-0.1, -0.05) is 38.1 Å². The summed E-state index contributed by atoms with van der Waals surface area (Å²) in [5.74, 6) is 0.995. The molecule has 1 aromatic carbocycles. The molecule has 1 aromatic rings. The lowest BCUT2D eigenvalue weighted by Gasteiger charge is -2.37. The maximum absolute atomic E-state index is 11.5. The van der Waals surface area contributed by atoms with E-state index < -0.39 is 0 Å². The van der Waals surface area contributed by atoms with E-state index in [4.69, 9.17) is 4.74 Å². The van der Waals surface area contributed by atoms with Gasteiger partial charge in [0.05, 0.1) is 5.60 Å². The van der Waals surface area contributed by atoms with Crippen LogP contribution < -0.4 is 0 Å². The van der Waals surface area contributed by atoms with Gasteiger partial charge in [-0.25, -0.2) is 0 Å². The maximum atomic E-state index is 11.5. The van der Waals surface area contributed by atoms with Gasteiger partial charge in [-0.2, -0.15) is 0 Å². The van der Waals surface area contributed by atoms with E-state index in [9.17, 15) is 4.79 Å². The Kier molecular flexibility index (Phi) is 4.41. The smallest absolute Gasteiger partial charge is 0.133 e. The molecule has 104 valence electrons. The van der Waals surface area contributed by atoms with Crippen molar-refractivity contribution in [3.63, 3.8) is 0 Å². The predicted octanol–water partition coefficient (Wildman–Crippen LogP) is 3.87. The fourth-order valence-electron chi connectivity index (χ4n) is 3.10. The van der Waals surface area contributed by atoms with Gasteiger partial charge in [-0.3, -0.25) is 4.79 Å². The summed E-state index contributed by atoms with van der Waals surface area (Å²) in [7, 11) is 1.78. The number of benzene rings is 1. The van der Waals surface area contributed by atoms with Gasteiger partial charge in [-0.05, 0) is 36.3 Å². The number of Topliss-reactive ketones (excluding diaryl/α,β-unsaturated/α-hetero) is 1. The Bertz CT molecular complexity index is 438. The van der Waals surface area contributed by atoms with Crippen molar-refractivity contribution in [1.82, 2.24) is 0 Å². The van der Waals surface area contributed by atoms with E-state index in [0.717, 1.165) is 19.3 Å². The first-order valence-electron chi connectivity index (χ1n) is 7.22. The second-order valence-corrected chi connectivity index (χ2v) is 5.99. The highest BCUT2D eigenvalue weighted by Crippen LogP contribution is 2.40. The summed E-state index contributed by atoms with van der Waals surface area (Å²) < 4.78 is 5.88. The SMILES string of the molecule is COC1(c2ccccc2CC(C)C)CCC(=O)CC1. The number of ketones is 1. The van der Waals surface area contributed by atoms with Crippen LogP contribution in [0, 0.1) is 5.92 Å².